The van der Waals surface area contributed by atoms with Crippen molar-refractivity contribution in [2.24, 2.45) is 0 Å². The number of benzene rings is 1. The van der Waals surface area contributed by atoms with E-state index in [2.05, 4.69) is 4.98 Å². The lowest BCUT2D eigenvalue weighted by Crippen LogP contribution is -2.38. The van der Waals surface area contributed by atoms with Gasteiger partial charge < -0.3 is 9.64 Å². The summed E-state index contributed by atoms with van der Waals surface area (Å²) in [5.74, 6) is -4.12. The van der Waals surface area contributed by atoms with E-state index in [-0.39, 0.29) is 17.5 Å². The summed E-state index contributed by atoms with van der Waals surface area (Å²) in [6.07, 6.45) is 0. The number of halogens is 3. The zero-order chi connectivity index (χ0) is 19.4. The molecule has 0 saturated carbocycles. The molecule has 1 aliphatic heterocycles. The Labute approximate surface area is 139 Å². The van der Waals surface area contributed by atoms with E-state index in [1.807, 2.05) is 13.8 Å². The first-order valence-electron chi connectivity index (χ1n) is 8.12. The van der Waals surface area contributed by atoms with Crippen LogP contribution < -0.4 is 15.3 Å². The highest BCUT2D eigenvalue weighted by Gasteiger charge is 2.34. The van der Waals surface area contributed by atoms with Gasteiger partial charge in [-0.25, -0.2) is 18.0 Å². The maximum absolute atomic E-state index is 13.9. The number of likely N-dealkylation sites (N-methyl/N-ethyl adjacent to an activating group) is 1. The Morgan fingerprint density at radius 3 is 2.62 bits per heavy atom. The second kappa shape index (κ2) is 5.54. The first kappa shape index (κ1) is 13.9. The molecule has 1 aliphatic rings. The lowest BCUT2D eigenvalue weighted by Gasteiger charge is -2.28. The summed E-state index contributed by atoms with van der Waals surface area (Å²) in [5.41, 5.74) is -1.86. The van der Waals surface area contributed by atoms with E-state index in [4.69, 9.17) is 7.48 Å². The van der Waals surface area contributed by atoms with Crippen LogP contribution in [-0.4, -0.2) is 22.1 Å². The molecule has 1 aromatic carbocycles. The van der Waals surface area contributed by atoms with Crippen LogP contribution in [0, 0.1) is 17.5 Å². The Morgan fingerprint density at radius 2 is 1.92 bits per heavy atom. The van der Waals surface area contributed by atoms with Gasteiger partial charge in [-0.2, -0.15) is 4.98 Å². The molecule has 1 aromatic heterocycles. The van der Waals surface area contributed by atoms with Crippen molar-refractivity contribution in [3.05, 3.63) is 51.7 Å². The molecule has 0 unspecified atom stereocenters. The summed E-state index contributed by atoms with van der Waals surface area (Å²) < 4.78 is 62.5. The number of nitrogens with zero attached hydrogens (tertiary/aromatic N) is 3. The minimum absolute atomic E-state index is 0.229. The quantitative estimate of drug-likeness (QED) is 0.805. The molecular weight excluding hydrogens is 323 g/mol. The second-order valence-corrected chi connectivity index (χ2v) is 6.14. The third-order valence-electron chi connectivity index (χ3n) is 4.04. The van der Waals surface area contributed by atoms with E-state index in [9.17, 15) is 18.0 Å². The predicted molar refractivity (Wildman–Crippen MR) is 81.6 cm³/mol. The Kier molecular flexibility index (Phi) is 3.20. The maximum atomic E-state index is 13.9. The normalized spacial score (nSPS) is 17.3. The van der Waals surface area contributed by atoms with Gasteiger partial charge in [0.15, 0.2) is 11.6 Å². The third kappa shape index (κ3) is 2.72. The summed E-state index contributed by atoms with van der Waals surface area (Å²) in [5, 5.41) is 0. The highest BCUT2D eigenvalue weighted by molar-refractivity contribution is 5.47. The molecular formula is C16H16F3N3O2. The molecule has 24 heavy (non-hydrogen) atoms. The highest BCUT2D eigenvalue weighted by atomic mass is 19.2. The third-order valence-corrected chi connectivity index (χ3v) is 4.04. The lowest BCUT2D eigenvalue weighted by molar-refractivity contribution is 0.284. The van der Waals surface area contributed by atoms with Crippen molar-refractivity contribution in [1.82, 2.24) is 9.55 Å². The molecule has 0 amide bonds. The van der Waals surface area contributed by atoms with Gasteiger partial charge in [0.05, 0.1) is 14.8 Å². The van der Waals surface area contributed by atoms with Gasteiger partial charge in [-0.3, -0.25) is 4.57 Å². The molecule has 8 heteroatoms. The molecule has 0 aliphatic carbocycles. The van der Waals surface area contributed by atoms with Crippen molar-refractivity contribution >= 4 is 5.82 Å². The average Bonchev–Trinajstić information content (AvgIpc) is 2.74. The van der Waals surface area contributed by atoms with Crippen LogP contribution in [0.5, 0.6) is 5.88 Å². The SMILES string of the molecule is [2H]C([2H])(Oc1cc2n(c(=O)n1)CC(C)(C)N2C)c1cc(F)c(F)cc1F. The summed E-state index contributed by atoms with van der Waals surface area (Å²) >= 11 is 0. The average molecular weight is 341 g/mol. The minimum atomic E-state index is -2.87. The molecule has 0 bridgehead atoms. The van der Waals surface area contributed by atoms with E-state index in [0.29, 0.717) is 18.4 Å². The Bertz CT molecular complexity index is 947. The van der Waals surface area contributed by atoms with Crippen molar-refractivity contribution in [2.45, 2.75) is 32.5 Å². The number of rotatable bonds is 3. The molecule has 0 spiro atoms. The van der Waals surface area contributed by atoms with Crippen molar-refractivity contribution in [2.75, 3.05) is 11.9 Å². The van der Waals surface area contributed by atoms with E-state index in [1.165, 1.54) is 10.6 Å². The molecule has 2 heterocycles. The number of hydrogen-bond donors (Lipinski definition) is 0. The molecule has 3 rings (SSSR count). The van der Waals surface area contributed by atoms with Crippen molar-refractivity contribution in [1.29, 1.82) is 0 Å². The van der Waals surface area contributed by atoms with Crippen LogP contribution in [0.1, 0.15) is 22.2 Å². The van der Waals surface area contributed by atoms with Crippen LogP contribution in [0.3, 0.4) is 0 Å². The standard InChI is InChI=1S/C16H16F3N3O2/c1-16(2)8-22-14(21(16)3)6-13(20-15(22)23)24-7-9-4-11(18)12(19)5-10(9)17/h4-6H,7-8H2,1-3H3/i7D2. The largest absolute Gasteiger partial charge is 0.472 e. The van der Waals surface area contributed by atoms with Gasteiger partial charge in [-0.05, 0) is 19.9 Å². The van der Waals surface area contributed by atoms with Crippen LogP contribution >= 0.6 is 0 Å². The molecule has 0 atom stereocenters. The Hall–Kier alpha value is -2.51. The van der Waals surface area contributed by atoms with Crippen LogP contribution in [0.2, 0.25) is 0 Å². The fraction of sp³-hybridized carbons (Fsp3) is 0.375. The summed E-state index contributed by atoms with van der Waals surface area (Å²) in [6.45, 7) is 1.34. The second-order valence-electron chi connectivity index (χ2n) is 6.14. The van der Waals surface area contributed by atoms with Crippen molar-refractivity contribution in [3.8, 4) is 5.88 Å². The topological polar surface area (TPSA) is 47.4 Å². The Balaban J connectivity index is 2.00. The number of anilines is 1. The van der Waals surface area contributed by atoms with Gasteiger partial charge in [0, 0.05) is 24.7 Å². The van der Waals surface area contributed by atoms with Gasteiger partial charge in [0.2, 0.25) is 5.88 Å². The molecule has 5 nitrogen and oxygen atoms in total. The Morgan fingerprint density at radius 1 is 1.25 bits per heavy atom. The van der Waals surface area contributed by atoms with Crippen molar-refractivity contribution in [3.63, 3.8) is 0 Å². The van der Waals surface area contributed by atoms with Gasteiger partial charge in [-0.15, -0.1) is 0 Å². The summed E-state index contributed by atoms with van der Waals surface area (Å²) in [4.78, 5) is 17.6. The van der Waals surface area contributed by atoms with E-state index < -0.39 is 35.3 Å². The predicted octanol–water partition coefficient (Wildman–Crippen LogP) is 2.47. The van der Waals surface area contributed by atoms with Gasteiger partial charge in [0.1, 0.15) is 18.2 Å². The van der Waals surface area contributed by atoms with E-state index in [1.54, 1.807) is 11.9 Å². The molecule has 0 N–H and O–H groups in total. The van der Waals surface area contributed by atoms with Gasteiger partial charge >= 0.3 is 5.69 Å². The van der Waals surface area contributed by atoms with Crippen molar-refractivity contribution < 1.29 is 20.6 Å². The van der Waals surface area contributed by atoms with E-state index in [0.717, 1.165) is 0 Å². The zero-order valence-corrected chi connectivity index (χ0v) is 13.2. The maximum Gasteiger partial charge on any atom is 0.352 e. The zero-order valence-electron chi connectivity index (χ0n) is 15.2. The van der Waals surface area contributed by atoms with Crippen LogP contribution in [0.15, 0.2) is 23.0 Å². The molecule has 0 fully saturated rings. The molecule has 2 aromatic rings. The number of hydrogen-bond acceptors (Lipinski definition) is 4. The first-order chi connectivity index (χ1) is 11.9. The van der Waals surface area contributed by atoms with Crippen LogP contribution in [0.25, 0.3) is 0 Å². The monoisotopic (exact) mass is 341 g/mol. The number of aromatic nitrogens is 2. The van der Waals surface area contributed by atoms with Crippen LogP contribution in [0.4, 0.5) is 19.0 Å². The molecule has 0 radical (unpaired) electrons. The fourth-order valence-corrected chi connectivity index (χ4v) is 2.46. The first-order valence-corrected chi connectivity index (χ1v) is 7.12. The van der Waals surface area contributed by atoms with Gasteiger partial charge in [-0.1, -0.05) is 0 Å². The van der Waals surface area contributed by atoms with E-state index >= 15 is 0 Å². The smallest absolute Gasteiger partial charge is 0.352 e. The molecule has 128 valence electrons. The summed E-state index contributed by atoms with van der Waals surface area (Å²) in [6, 6.07) is 1.94. The lowest BCUT2D eigenvalue weighted by atomic mass is 10.1. The minimum Gasteiger partial charge on any atom is -0.472 e. The van der Waals surface area contributed by atoms with Gasteiger partial charge in [0.25, 0.3) is 0 Å². The molecule has 0 saturated heterocycles. The number of fused-ring (bicyclic) bond motifs is 1. The number of ether oxygens (including phenoxy) is 1. The van der Waals surface area contributed by atoms with Crippen LogP contribution in [-0.2, 0) is 13.1 Å². The summed E-state index contributed by atoms with van der Waals surface area (Å²) in [7, 11) is 1.76. The fourth-order valence-electron chi connectivity index (χ4n) is 2.46. The highest BCUT2D eigenvalue weighted by Crippen LogP contribution is 2.31.